The summed E-state index contributed by atoms with van der Waals surface area (Å²) >= 11 is 6.08. The Morgan fingerprint density at radius 2 is 2.06 bits per heavy atom. The summed E-state index contributed by atoms with van der Waals surface area (Å²) in [7, 11) is 1.45. The van der Waals surface area contributed by atoms with E-state index in [2.05, 4.69) is 4.98 Å². The number of methoxy groups -OCH3 is 1. The first-order chi connectivity index (χ1) is 14.9. The number of likely N-dealkylation sites (tertiary alicyclic amines) is 1. The first-order valence-corrected chi connectivity index (χ1v) is 9.86. The number of amides is 1. The van der Waals surface area contributed by atoms with Gasteiger partial charge in [-0.1, -0.05) is 17.7 Å². The fourth-order valence-electron chi connectivity index (χ4n) is 3.59. The van der Waals surface area contributed by atoms with Crippen molar-refractivity contribution in [1.29, 1.82) is 0 Å². The molecule has 158 valence electrons. The molecule has 8 heteroatoms. The molecular formula is C23H19ClN2O5. The van der Waals surface area contributed by atoms with E-state index in [1.54, 1.807) is 55.7 Å². The molecule has 0 spiro atoms. The summed E-state index contributed by atoms with van der Waals surface area (Å²) in [6, 6.07) is 10.7. The zero-order valence-corrected chi connectivity index (χ0v) is 17.6. The minimum atomic E-state index is -0.893. The SMILES string of the molecule is COc1cc(/C(O)=C2/C(=O)C(=O)N(Cc3cccnc3)C2c2ccc(C)o2)ccc1Cl. The topological polar surface area (TPSA) is 92.9 Å². The molecule has 1 N–H and O–H groups in total. The van der Waals surface area contributed by atoms with E-state index in [1.165, 1.54) is 18.1 Å². The molecule has 1 fully saturated rings. The first-order valence-electron chi connectivity index (χ1n) is 9.48. The average Bonchev–Trinajstić information content (AvgIpc) is 3.30. The monoisotopic (exact) mass is 438 g/mol. The number of ketones is 1. The minimum Gasteiger partial charge on any atom is -0.507 e. The number of aromatic nitrogens is 1. The van der Waals surface area contributed by atoms with Gasteiger partial charge in [0.15, 0.2) is 0 Å². The molecule has 3 aromatic rings. The smallest absolute Gasteiger partial charge is 0.296 e. The standard InChI is InChI=1S/C23H19ClN2O5/c1-13-5-8-17(31-13)20-19(21(27)15-6-7-16(24)18(10-15)30-2)22(28)23(29)26(20)12-14-4-3-9-25-11-14/h3-11,20,27H,12H2,1-2H3/b21-19-. The van der Waals surface area contributed by atoms with Crippen molar-refractivity contribution in [2.24, 2.45) is 0 Å². The number of carbonyl (C=O) groups excluding carboxylic acids is 2. The van der Waals surface area contributed by atoms with Crippen LogP contribution in [0.25, 0.3) is 5.76 Å². The predicted molar refractivity (Wildman–Crippen MR) is 114 cm³/mol. The van der Waals surface area contributed by atoms with Crippen molar-refractivity contribution in [3.8, 4) is 5.75 Å². The second-order valence-corrected chi connectivity index (χ2v) is 7.49. The summed E-state index contributed by atoms with van der Waals surface area (Å²) in [6.07, 6.45) is 3.24. The van der Waals surface area contributed by atoms with Crippen LogP contribution in [0.5, 0.6) is 5.75 Å². The van der Waals surface area contributed by atoms with Crippen molar-refractivity contribution < 1.29 is 23.8 Å². The zero-order chi connectivity index (χ0) is 22.1. The van der Waals surface area contributed by atoms with E-state index in [-0.39, 0.29) is 17.9 Å². The van der Waals surface area contributed by atoms with Crippen LogP contribution in [0.15, 0.2) is 64.8 Å². The van der Waals surface area contributed by atoms with Gasteiger partial charge in [-0.3, -0.25) is 14.6 Å². The molecule has 1 saturated heterocycles. The van der Waals surface area contributed by atoms with Crippen molar-refractivity contribution in [3.63, 3.8) is 0 Å². The number of rotatable bonds is 5. The Morgan fingerprint density at radius 3 is 2.71 bits per heavy atom. The average molecular weight is 439 g/mol. The van der Waals surface area contributed by atoms with Gasteiger partial charge in [-0.2, -0.15) is 0 Å². The van der Waals surface area contributed by atoms with Crippen LogP contribution in [0.2, 0.25) is 5.02 Å². The van der Waals surface area contributed by atoms with Gasteiger partial charge in [0.05, 0.1) is 17.7 Å². The van der Waals surface area contributed by atoms with Crippen LogP contribution in [0, 0.1) is 6.92 Å². The van der Waals surface area contributed by atoms with Gasteiger partial charge in [0.1, 0.15) is 29.1 Å². The van der Waals surface area contributed by atoms with Gasteiger partial charge in [0, 0.05) is 24.5 Å². The quantitative estimate of drug-likeness (QED) is 0.363. The van der Waals surface area contributed by atoms with Crippen molar-refractivity contribution in [3.05, 3.63) is 88.1 Å². The Labute approximate surface area is 183 Å². The van der Waals surface area contributed by atoms with E-state index in [0.717, 1.165) is 5.56 Å². The van der Waals surface area contributed by atoms with Crippen molar-refractivity contribution in [1.82, 2.24) is 9.88 Å². The maximum atomic E-state index is 13.0. The Bertz CT molecular complexity index is 1190. The van der Waals surface area contributed by atoms with E-state index in [4.69, 9.17) is 20.8 Å². The van der Waals surface area contributed by atoms with Crippen molar-refractivity contribution in [2.75, 3.05) is 7.11 Å². The lowest BCUT2D eigenvalue weighted by atomic mass is 9.99. The lowest BCUT2D eigenvalue weighted by molar-refractivity contribution is -0.140. The third-order valence-electron chi connectivity index (χ3n) is 5.07. The van der Waals surface area contributed by atoms with E-state index >= 15 is 0 Å². The maximum absolute atomic E-state index is 13.0. The summed E-state index contributed by atoms with van der Waals surface area (Å²) in [6.45, 7) is 1.89. The Morgan fingerprint density at radius 1 is 1.26 bits per heavy atom. The first kappa shape index (κ1) is 20.7. The molecular weight excluding hydrogens is 420 g/mol. The molecule has 0 radical (unpaired) electrons. The molecule has 1 aliphatic heterocycles. The highest BCUT2D eigenvalue weighted by molar-refractivity contribution is 6.46. The zero-order valence-electron chi connectivity index (χ0n) is 16.8. The second kappa shape index (κ2) is 8.28. The Kier molecular flexibility index (Phi) is 5.52. The van der Waals surface area contributed by atoms with Gasteiger partial charge in [0.2, 0.25) is 0 Å². The fraction of sp³-hybridized carbons (Fsp3) is 0.174. The Balaban J connectivity index is 1.86. The summed E-state index contributed by atoms with van der Waals surface area (Å²) in [5, 5.41) is 11.4. The molecule has 1 aliphatic rings. The van der Waals surface area contributed by atoms with Crippen LogP contribution in [-0.2, 0) is 16.1 Å². The molecule has 4 rings (SSSR count). The van der Waals surface area contributed by atoms with Crippen LogP contribution in [0.3, 0.4) is 0 Å². The maximum Gasteiger partial charge on any atom is 0.296 e. The largest absolute Gasteiger partial charge is 0.507 e. The number of furan rings is 1. The molecule has 7 nitrogen and oxygen atoms in total. The molecule has 1 unspecified atom stereocenters. The number of hydrogen-bond donors (Lipinski definition) is 1. The number of ether oxygens (including phenoxy) is 1. The van der Waals surface area contributed by atoms with Crippen LogP contribution < -0.4 is 4.74 Å². The number of aliphatic hydroxyl groups excluding tert-OH is 1. The van der Waals surface area contributed by atoms with E-state index < -0.39 is 17.7 Å². The number of hydrogen-bond acceptors (Lipinski definition) is 6. The number of aryl methyl sites for hydroxylation is 1. The highest BCUT2D eigenvalue weighted by Gasteiger charge is 2.47. The molecule has 3 heterocycles. The predicted octanol–water partition coefficient (Wildman–Crippen LogP) is 4.27. The highest BCUT2D eigenvalue weighted by Crippen LogP contribution is 2.41. The fourth-order valence-corrected chi connectivity index (χ4v) is 3.78. The lowest BCUT2D eigenvalue weighted by Crippen LogP contribution is -2.29. The summed E-state index contributed by atoms with van der Waals surface area (Å²) in [5.41, 5.74) is 0.979. The number of nitrogens with zero attached hydrogens (tertiary/aromatic N) is 2. The van der Waals surface area contributed by atoms with Gasteiger partial charge < -0.3 is 19.2 Å². The van der Waals surface area contributed by atoms with Crippen molar-refractivity contribution >= 4 is 29.1 Å². The van der Waals surface area contributed by atoms with Crippen LogP contribution in [-0.4, -0.2) is 33.8 Å². The molecule has 0 aliphatic carbocycles. The second-order valence-electron chi connectivity index (χ2n) is 7.09. The molecule has 0 bridgehead atoms. The third-order valence-corrected chi connectivity index (χ3v) is 5.38. The minimum absolute atomic E-state index is 0.0624. The molecule has 1 atom stereocenters. The van der Waals surface area contributed by atoms with E-state index in [0.29, 0.717) is 27.9 Å². The molecule has 0 saturated carbocycles. The van der Waals surface area contributed by atoms with Gasteiger partial charge in [-0.15, -0.1) is 0 Å². The third kappa shape index (κ3) is 3.80. The number of Topliss-reactive ketones (excluding diaryl/α,β-unsaturated/α-hetero) is 1. The van der Waals surface area contributed by atoms with Gasteiger partial charge in [-0.05, 0) is 48.9 Å². The summed E-state index contributed by atoms with van der Waals surface area (Å²) < 4.78 is 11.0. The van der Waals surface area contributed by atoms with Crippen LogP contribution >= 0.6 is 11.6 Å². The Hall–Kier alpha value is -3.58. The molecule has 1 amide bonds. The normalized spacial score (nSPS) is 17.9. The van der Waals surface area contributed by atoms with Crippen molar-refractivity contribution in [2.45, 2.75) is 19.5 Å². The molecule has 2 aromatic heterocycles. The van der Waals surface area contributed by atoms with Gasteiger partial charge in [-0.25, -0.2) is 0 Å². The lowest BCUT2D eigenvalue weighted by Gasteiger charge is -2.23. The van der Waals surface area contributed by atoms with E-state index in [9.17, 15) is 14.7 Å². The van der Waals surface area contributed by atoms with E-state index in [1.807, 2.05) is 0 Å². The number of halogens is 1. The molecule has 31 heavy (non-hydrogen) atoms. The van der Waals surface area contributed by atoms with Crippen LogP contribution in [0.4, 0.5) is 0 Å². The summed E-state index contributed by atoms with van der Waals surface area (Å²) in [5.74, 6) is -0.528. The highest BCUT2D eigenvalue weighted by atomic mass is 35.5. The van der Waals surface area contributed by atoms with Crippen LogP contribution in [0.1, 0.15) is 28.7 Å². The van der Waals surface area contributed by atoms with Gasteiger partial charge >= 0.3 is 0 Å². The number of pyridine rings is 1. The number of carbonyl (C=O) groups is 2. The molecule has 1 aromatic carbocycles. The van der Waals surface area contributed by atoms with Gasteiger partial charge in [0.25, 0.3) is 11.7 Å². The number of benzene rings is 1. The summed E-state index contributed by atoms with van der Waals surface area (Å²) in [4.78, 5) is 31.4. The number of aliphatic hydroxyl groups is 1.